The maximum absolute atomic E-state index is 13.7. The molecule has 21 heavy (non-hydrogen) atoms. The molecule has 2 N–H and O–H groups in total. The Morgan fingerprint density at radius 1 is 1.29 bits per heavy atom. The molecular formula is C13H12FN3O2S2. The molecule has 1 aromatic heterocycles. The van der Waals surface area contributed by atoms with Crippen LogP contribution in [0.15, 0.2) is 47.5 Å². The Balaban J connectivity index is 2.42. The van der Waals surface area contributed by atoms with E-state index in [0.29, 0.717) is 5.69 Å². The molecular weight excluding hydrogens is 313 g/mol. The maximum atomic E-state index is 13.7. The number of hydrogen-bond acceptors (Lipinski definition) is 4. The van der Waals surface area contributed by atoms with E-state index in [1.165, 1.54) is 37.4 Å². The average molecular weight is 325 g/mol. The lowest BCUT2D eigenvalue weighted by molar-refractivity contribution is 0.589. The number of benzene rings is 1. The lowest BCUT2D eigenvalue weighted by atomic mass is 10.3. The molecule has 2 rings (SSSR count). The molecule has 110 valence electrons. The molecule has 2 aromatic rings. The molecule has 0 radical (unpaired) electrons. The molecule has 0 saturated heterocycles. The van der Waals surface area contributed by atoms with Crippen LogP contribution >= 0.6 is 12.2 Å². The Morgan fingerprint density at radius 2 is 1.95 bits per heavy atom. The summed E-state index contributed by atoms with van der Waals surface area (Å²) < 4.78 is 39.4. The monoisotopic (exact) mass is 325 g/mol. The van der Waals surface area contributed by atoms with Crippen molar-refractivity contribution in [3.05, 3.63) is 54.1 Å². The molecule has 0 atom stereocenters. The summed E-state index contributed by atoms with van der Waals surface area (Å²) in [7, 11) is -2.64. The predicted octanol–water partition coefficient (Wildman–Crippen LogP) is 1.68. The fourth-order valence-corrected chi connectivity index (χ4v) is 2.94. The summed E-state index contributed by atoms with van der Waals surface area (Å²) in [4.78, 5) is 3.87. The number of halogens is 1. The maximum Gasteiger partial charge on any atom is 0.265 e. The molecule has 1 aromatic carbocycles. The highest BCUT2D eigenvalue weighted by molar-refractivity contribution is 7.92. The van der Waals surface area contributed by atoms with Crippen molar-refractivity contribution in [2.24, 2.45) is 5.73 Å². The average Bonchev–Trinajstić information content (AvgIpc) is 2.47. The quantitative estimate of drug-likeness (QED) is 0.866. The minimum Gasteiger partial charge on any atom is -0.388 e. The Kier molecular flexibility index (Phi) is 4.19. The molecule has 0 aliphatic rings. The summed E-state index contributed by atoms with van der Waals surface area (Å²) in [5.74, 6) is -0.628. The number of rotatable bonds is 4. The van der Waals surface area contributed by atoms with E-state index in [-0.39, 0.29) is 15.6 Å². The van der Waals surface area contributed by atoms with Gasteiger partial charge < -0.3 is 5.73 Å². The lowest BCUT2D eigenvalue weighted by Gasteiger charge is -2.19. The first kappa shape index (κ1) is 15.3. The van der Waals surface area contributed by atoms with Crippen LogP contribution in [0.4, 0.5) is 10.1 Å². The number of nitrogens with zero attached hydrogens (tertiary/aromatic N) is 2. The van der Waals surface area contributed by atoms with Crippen LogP contribution in [-0.2, 0) is 10.0 Å². The normalized spacial score (nSPS) is 11.1. The number of pyridine rings is 1. The van der Waals surface area contributed by atoms with E-state index < -0.39 is 15.8 Å². The highest BCUT2D eigenvalue weighted by Gasteiger charge is 2.23. The number of aromatic nitrogens is 1. The van der Waals surface area contributed by atoms with Crippen molar-refractivity contribution in [1.29, 1.82) is 0 Å². The minimum absolute atomic E-state index is 0.0454. The Labute approximate surface area is 127 Å². The third-order valence-electron chi connectivity index (χ3n) is 2.84. The largest absolute Gasteiger partial charge is 0.388 e. The van der Waals surface area contributed by atoms with Crippen molar-refractivity contribution < 1.29 is 12.8 Å². The molecule has 0 fully saturated rings. The lowest BCUT2D eigenvalue weighted by Crippen LogP contribution is -2.27. The van der Waals surface area contributed by atoms with Crippen LogP contribution in [0.3, 0.4) is 0 Å². The van der Waals surface area contributed by atoms with Crippen molar-refractivity contribution in [3.8, 4) is 0 Å². The number of para-hydroxylation sites is 1. The van der Waals surface area contributed by atoms with Crippen LogP contribution in [0.5, 0.6) is 0 Å². The second kappa shape index (κ2) is 5.74. The summed E-state index contributed by atoms with van der Waals surface area (Å²) in [5.41, 5.74) is 5.67. The second-order valence-corrected chi connectivity index (χ2v) is 6.58. The molecule has 0 amide bonds. The van der Waals surface area contributed by atoms with E-state index in [1.807, 2.05) is 0 Å². The van der Waals surface area contributed by atoms with Gasteiger partial charge >= 0.3 is 0 Å². The van der Waals surface area contributed by atoms with Gasteiger partial charge in [-0.3, -0.25) is 9.29 Å². The van der Waals surface area contributed by atoms with Crippen LogP contribution in [0.2, 0.25) is 0 Å². The van der Waals surface area contributed by atoms with Gasteiger partial charge in [0.1, 0.15) is 15.7 Å². The fourth-order valence-electron chi connectivity index (χ4n) is 1.67. The fraction of sp³-hybridized carbons (Fsp3) is 0.0769. The summed E-state index contributed by atoms with van der Waals surface area (Å²) >= 11 is 4.75. The van der Waals surface area contributed by atoms with Crippen molar-refractivity contribution in [1.82, 2.24) is 4.98 Å². The van der Waals surface area contributed by atoms with Gasteiger partial charge in [-0.2, -0.15) is 0 Å². The molecule has 5 nitrogen and oxygen atoms in total. The first-order valence-corrected chi connectivity index (χ1v) is 7.68. The molecule has 8 heteroatoms. The van der Waals surface area contributed by atoms with E-state index in [1.54, 1.807) is 6.07 Å². The first-order valence-electron chi connectivity index (χ1n) is 5.83. The highest BCUT2D eigenvalue weighted by Crippen LogP contribution is 2.24. The van der Waals surface area contributed by atoms with Crippen LogP contribution in [0.1, 0.15) is 5.69 Å². The van der Waals surface area contributed by atoms with Gasteiger partial charge in [0.15, 0.2) is 0 Å². The highest BCUT2D eigenvalue weighted by atomic mass is 32.2. The molecule has 0 bridgehead atoms. The van der Waals surface area contributed by atoms with E-state index in [2.05, 4.69) is 4.98 Å². The van der Waals surface area contributed by atoms with Gasteiger partial charge in [-0.05, 0) is 24.3 Å². The van der Waals surface area contributed by atoms with Crippen molar-refractivity contribution >= 4 is 32.9 Å². The Morgan fingerprint density at radius 3 is 2.48 bits per heavy atom. The van der Waals surface area contributed by atoms with Crippen LogP contribution < -0.4 is 10.0 Å². The second-order valence-electron chi connectivity index (χ2n) is 4.17. The molecule has 1 heterocycles. The van der Waals surface area contributed by atoms with E-state index in [0.717, 1.165) is 10.5 Å². The number of thiocarbonyl (C=S) groups is 1. The van der Waals surface area contributed by atoms with Gasteiger partial charge in [0.05, 0.1) is 11.4 Å². The zero-order valence-electron chi connectivity index (χ0n) is 11.0. The SMILES string of the molecule is CN(c1ccccc1F)S(=O)(=O)c1ccc(C(N)=S)nc1. The third-order valence-corrected chi connectivity index (χ3v) is 4.80. The minimum atomic E-state index is -3.91. The van der Waals surface area contributed by atoms with Crippen LogP contribution in [0, 0.1) is 5.82 Å². The zero-order chi connectivity index (χ0) is 15.6. The Hall–Kier alpha value is -2.06. The van der Waals surface area contributed by atoms with Gasteiger partial charge in [-0.25, -0.2) is 12.8 Å². The standard InChI is InChI=1S/C13H12FN3O2S2/c1-17(12-5-3-2-4-10(12)14)21(18,19)9-6-7-11(13(15)20)16-8-9/h2-8H,1H3,(H2,15,20). The smallest absolute Gasteiger partial charge is 0.265 e. The van der Waals surface area contributed by atoms with Gasteiger partial charge in [-0.15, -0.1) is 0 Å². The number of anilines is 1. The third kappa shape index (κ3) is 3.01. The topological polar surface area (TPSA) is 76.3 Å². The van der Waals surface area contributed by atoms with E-state index >= 15 is 0 Å². The van der Waals surface area contributed by atoms with Crippen molar-refractivity contribution in [2.45, 2.75) is 4.90 Å². The van der Waals surface area contributed by atoms with Crippen LogP contribution in [-0.4, -0.2) is 25.4 Å². The molecule has 0 unspecified atom stereocenters. The van der Waals surface area contributed by atoms with E-state index in [4.69, 9.17) is 18.0 Å². The summed E-state index contributed by atoms with van der Waals surface area (Å²) in [6.45, 7) is 0. The number of sulfonamides is 1. The molecule has 0 aliphatic heterocycles. The van der Waals surface area contributed by atoms with Crippen LogP contribution in [0.25, 0.3) is 0 Å². The molecule has 0 saturated carbocycles. The summed E-state index contributed by atoms with van der Waals surface area (Å²) in [5, 5.41) is 0. The first-order chi connectivity index (χ1) is 9.84. The molecule has 0 aliphatic carbocycles. The Bertz CT molecular complexity index is 776. The van der Waals surface area contributed by atoms with Gasteiger partial charge in [-0.1, -0.05) is 24.4 Å². The molecule has 0 spiro atoms. The van der Waals surface area contributed by atoms with Gasteiger partial charge in [0.25, 0.3) is 10.0 Å². The van der Waals surface area contributed by atoms with E-state index in [9.17, 15) is 12.8 Å². The number of hydrogen-bond donors (Lipinski definition) is 1. The predicted molar refractivity (Wildman–Crippen MR) is 82.1 cm³/mol. The number of nitrogens with two attached hydrogens (primary N) is 1. The zero-order valence-corrected chi connectivity index (χ0v) is 12.7. The van der Waals surface area contributed by atoms with Gasteiger partial charge in [0, 0.05) is 13.2 Å². The van der Waals surface area contributed by atoms with Gasteiger partial charge in [0.2, 0.25) is 0 Å². The van der Waals surface area contributed by atoms with Crippen molar-refractivity contribution in [2.75, 3.05) is 11.4 Å². The summed E-state index contributed by atoms with van der Waals surface area (Å²) in [6.07, 6.45) is 1.14. The van der Waals surface area contributed by atoms with Crippen molar-refractivity contribution in [3.63, 3.8) is 0 Å². The summed E-state index contributed by atoms with van der Waals surface area (Å²) in [6, 6.07) is 8.34.